The fourth-order valence-electron chi connectivity index (χ4n) is 5.14. The van der Waals surface area contributed by atoms with Gasteiger partial charge in [0.05, 0.1) is 38.8 Å². The molecule has 0 aliphatic heterocycles. The van der Waals surface area contributed by atoms with Gasteiger partial charge in [-0.1, -0.05) is 110 Å². The standard InChI is InChI=1S/C28H60NO7PS/c1-7-8-9-10-11-12-13-14-15-16-17-18-19-20-21-22-23-38(33,34)25-28(35-6)26(2)27(29(3,4)5)24-36-37(30,31)32/h26-28H,7-25H2,1-6H3,(H-,30,31,32). The zero-order valence-corrected chi connectivity index (χ0v) is 27.1. The van der Waals surface area contributed by atoms with Crippen LogP contribution in [0.1, 0.15) is 117 Å². The minimum Gasteiger partial charge on any atom is -0.756 e. The number of sulfone groups is 1. The molecule has 0 fully saturated rings. The van der Waals surface area contributed by atoms with Crippen molar-refractivity contribution in [2.75, 3.05) is 46.4 Å². The van der Waals surface area contributed by atoms with E-state index in [4.69, 9.17) is 9.63 Å². The van der Waals surface area contributed by atoms with Gasteiger partial charge in [0.2, 0.25) is 0 Å². The van der Waals surface area contributed by atoms with Gasteiger partial charge in [0.25, 0.3) is 7.82 Å². The molecule has 4 unspecified atom stereocenters. The molecule has 0 aromatic heterocycles. The van der Waals surface area contributed by atoms with Gasteiger partial charge in [-0.05, 0) is 6.42 Å². The second-order valence-corrected chi connectivity index (χ2v) is 15.4. The lowest BCUT2D eigenvalue weighted by atomic mass is 9.95. The summed E-state index contributed by atoms with van der Waals surface area (Å²) in [7, 11) is -1.10. The molecule has 8 nitrogen and oxygen atoms in total. The van der Waals surface area contributed by atoms with Crippen molar-refractivity contribution in [3.8, 4) is 0 Å². The van der Waals surface area contributed by atoms with Crippen molar-refractivity contribution in [1.29, 1.82) is 0 Å². The first-order valence-corrected chi connectivity index (χ1v) is 18.3. The number of unbranched alkanes of at least 4 members (excludes halogenated alkanes) is 15. The molecule has 1 N–H and O–H groups in total. The van der Waals surface area contributed by atoms with E-state index in [0.717, 1.165) is 19.3 Å². The number of nitrogens with zero attached hydrogens (tertiary/aromatic N) is 1. The summed E-state index contributed by atoms with van der Waals surface area (Å²) in [4.78, 5) is 20.1. The molecular formula is C28H60NO7PS. The molecule has 0 aliphatic carbocycles. The van der Waals surface area contributed by atoms with Crippen molar-refractivity contribution in [2.45, 2.75) is 129 Å². The van der Waals surface area contributed by atoms with Crippen LogP contribution in [0.3, 0.4) is 0 Å². The number of phosphoric ester groups is 1. The van der Waals surface area contributed by atoms with Crippen LogP contribution < -0.4 is 4.89 Å². The normalized spacial score (nSPS) is 16.7. The van der Waals surface area contributed by atoms with Crippen molar-refractivity contribution < 1.29 is 36.5 Å². The van der Waals surface area contributed by atoms with Crippen LogP contribution in [0, 0.1) is 5.92 Å². The summed E-state index contributed by atoms with van der Waals surface area (Å²) in [5.74, 6) is -0.295. The van der Waals surface area contributed by atoms with E-state index in [-0.39, 0.29) is 30.1 Å². The van der Waals surface area contributed by atoms with Gasteiger partial charge in [0, 0.05) is 13.0 Å². The fourth-order valence-corrected chi connectivity index (χ4v) is 7.23. The van der Waals surface area contributed by atoms with Gasteiger partial charge in [-0.3, -0.25) is 4.57 Å². The Morgan fingerprint density at radius 3 is 1.55 bits per heavy atom. The molecule has 0 radical (unpaired) electrons. The van der Waals surface area contributed by atoms with E-state index in [1.54, 1.807) is 0 Å². The van der Waals surface area contributed by atoms with E-state index >= 15 is 0 Å². The minimum atomic E-state index is -4.87. The van der Waals surface area contributed by atoms with E-state index in [2.05, 4.69) is 11.4 Å². The maximum atomic E-state index is 12.8. The third-order valence-electron chi connectivity index (χ3n) is 7.63. The molecular weight excluding hydrogens is 525 g/mol. The van der Waals surface area contributed by atoms with E-state index in [0.29, 0.717) is 10.9 Å². The maximum Gasteiger partial charge on any atom is 0.265 e. The second kappa shape index (κ2) is 20.8. The van der Waals surface area contributed by atoms with Crippen LogP contribution >= 0.6 is 7.82 Å². The van der Waals surface area contributed by atoms with Gasteiger partial charge >= 0.3 is 0 Å². The Balaban J connectivity index is 4.16. The minimum absolute atomic E-state index is 0.117. The topological polar surface area (TPSA) is 113 Å². The summed E-state index contributed by atoms with van der Waals surface area (Å²) in [6, 6.07) is -0.389. The predicted octanol–water partition coefficient (Wildman–Crippen LogP) is 5.87. The molecule has 230 valence electrons. The highest BCUT2D eigenvalue weighted by Crippen LogP contribution is 2.33. The van der Waals surface area contributed by atoms with Crippen LogP contribution in [-0.4, -0.2) is 76.3 Å². The van der Waals surface area contributed by atoms with E-state index in [9.17, 15) is 17.9 Å². The molecule has 0 bridgehead atoms. The van der Waals surface area contributed by atoms with Gasteiger partial charge in [-0.25, -0.2) is 8.42 Å². The Kier molecular flexibility index (Phi) is 20.8. The Labute approximate surface area is 235 Å². The number of methoxy groups -OCH3 is 1. The zero-order valence-electron chi connectivity index (χ0n) is 25.4. The summed E-state index contributed by atoms with van der Waals surface area (Å²) < 4.78 is 47.2. The molecule has 0 rings (SSSR count). The van der Waals surface area contributed by atoms with Crippen LogP contribution in [0.2, 0.25) is 0 Å². The molecule has 0 aliphatic rings. The number of phosphoric acid groups is 1. The van der Waals surface area contributed by atoms with Crippen LogP contribution in [0.4, 0.5) is 0 Å². The Morgan fingerprint density at radius 1 is 0.816 bits per heavy atom. The number of quaternary nitrogens is 1. The van der Waals surface area contributed by atoms with Gasteiger partial charge in [0.1, 0.15) is 12.6 Å². The Morgan fingerprint density at radius 2 is 1.21 bits per heavy atom. The smallest absolute Gasteiger partial charge is 0.265 e. The third-order valence-corrected chi connectivity index (χ3v) is 9.85. The van der Waals surface area contributed by atoms with Gasteiger partial charge in [-0.15, -0.1) is 0 Å². The maximum absolute atomic E-state index is 12.8. The van der Waals surface area contributed by atoms with Crippen LogP contribution in [0.15, 0.2) is 0 Å². The molecule has 0 amide bonds. The second-order valence-electron chi connectivity index (χ2n) is 12.0. The predicted molar refractivity (Wildman–Crippen MR) is 156 cm³/mol. The van der Waals surface area contributed by atoms with Crippen molar-refractivity contribution in [3.63, 3.8) is 0 Å². The van der Waals surface area contributed by atoms with Crippen LogP contribution in [-0.2, 0) is 23.7 Å². The average Bonchev–Trinajstić information content (AvgIpc) is 2.80. The molecule has 38 heavy (non-hydrogen) atoms. The fraction of sp³-hybridized carbons (Fsp3) is 1.00. The molecule has 0 heterocycles. The molecule has 0 saturated heterocycles. The molecule has 4 atom stereocenters. The quantitative estimate of drug-likeness (QED) is 0.0768. The van der Waals surface area contributed by atoms with E-state index in [1.807, 2.05) is 28.1 Å². The van der Waals surface area contributed by atoms with Gasteiger partial charge in [-0.2, -0.15) is 0 Å². The third kappa shape index (κ3) is 20.8. The van der Waals surface area contributed by atoms with Crippen molar-refractivity contribution in [2.24, 2.45) is 5.92 Å². The molecule has 0 spiro atoms. The first-order valence-electron chi connectivity index (χ1n) is 15.0. The Hall–Kier alpha value is -0.0200. The monoisotopic (exact) mass is 585 g/mol. The number of likely N-dealkylation sites (N-methyl/N-ethyl adjacent to an activating group) is 1. The van der Waals surface area contributed by atoms with Crippen molar-refractivity contribution in [1.82, 2.24) is 0 Å². The lowest BCUT2D eigenvalue weighted by Crippen LogP contribution is -2.55. The summed E-state index contributed by atoms with van der Waals surface area (Å²) >= 11 is 0. The van der Waals surface area contributed by atoms with E-state index in [1.165, 1.54) is 84.2 Å². The molecule has 0 aromatic carbocycles. The molecule has 0 aromatic rings. The number of hydrogen-bond donors (Lipinski definition) is 1. The number of ether oxygens (including phenoxy) is 1. The summed E-state index contributed by atoms with van der Waals surface area (Å²) in [6.07, 6.45) is 19.3. The number of hydrogen-bond acceptors (Lipinski definition) is 6. The van der Waals surface area contributed by atoms with Crippen molar-refractivity contribution in [3.05, 3.63) is 0 Å². The summed E-state index contributed by atoms with van der Waals surface area (Å²) in [5, 5.41) is 0. The summed E-state index contributed by atoms with van der Waals surface area (Å²) in [5.41, 5.74) is 0. The number of rotatable bonds is 26. The highest BCUT2D eigenvalue weighted by atomic mass is 32.2. The van der Waals surface area contributed by atoms with Crippen LogP contribution in [0.25, 0.3) is 0 Å². The highest BCUT2D eigenvalue weighted by Gasteiger charge is 2.38. The lowest BCUT2D eigenvalue weighted by Gasteiger charge is -2.40. The summed E-state index contributed by atoms with van der Waals surface area (Å²) in [6.45, 7) is 3.84. The van der Waals surface area contributed by atoms with E-state index < -0.39 is 23.8 Å². The zero-order chi connectivity index (χ0) is 29.1. The van der Waals surface area contributed by atoms with Gasteiger partial charge in [0.15, 0.2) is 9.84 Å². The van der Waals surface area contributed by atoms with Crippen molar-refractivity contribution >= 4 is 17.7 Å². The first-order chi connectivity index (χ1) is 17.7. The largest absolute Gasteiger partial charge is 0.756 e. The Bertz CT molecular complexity index is 721. The average molecular weight is 586 g/mol. The first kappa shape index (κ1) is 38.0. The molecule has 0 saturated carbocycles. The molecule has 10 heteroatoms. The van der Waals surface area contributed by atoms with Crippen LogP contribution in [0.5, 0.6) is 0 Å². The highest BCUT2D eigenvalue weighted by molar-refractivity contribution is 7.91. The SMILES string of the molecule is CCCCCCCCCCCCCCCCCCS(=O)(=O)CC(OC)C(C)C(COP(=O)([O-])O)[N+](C)(C)C. The van der Waals surface area contributed by atoms with Gasteiger partial charge < -0.3 is 23.5 Å². The lowest BCUT2D eigenvalue weighted by molar-refractivity contribution is -0.900.